The van der Waals surface area contributed by atoms with Crippen LogP contribution in [0.4, 0.5) is 0 Å². The van der Waals surface area contributed by atoms with Crippen LogP contribution in [0.2, 0.25) is 13.1 Å². The van der Waals surface area contributed by atoms with Crippen LogP contribution in [0.5, 0.6) is 0 Å². The monoisotopic (exact) mass is 564 g/mol. The molecule has 0 aromatic heterocycles. The molecular formula is C36H40S2Si. The number of aryl methyl sites for hydroxylation is 4. The fourth-order valence-electron chi connectivity index (χ4n) is 7.35. The lowest BCUT2D eigenvalue weighted by Crippen LogP contribution is -2.34. The van der Waals surface area contributed by atoms with Crippen LogP contribution in [0, 0.1) is 27.7 Å². The zero-order valence-electron chi connectivity index (χ0n) is 25.1. The minimum absolute atomic E-state index is 0.477. The largest absolute Gasteiger partial charge is 0.118 e. The number of allylic oxidation sites excluding steroid dienone is 8. The average Bonchev–Trinajstić information content (AvgIpc) is 3.53. The van der Waals surface area contributed by atoms with E-state index in [1.807, 2.05) is 0 Å². The second-order valence-corrected chi connectivity index (χ2v) is 19.5. The Morgan fingerprint density at radius 2 is 0.974 bits per heavy atom. The van der Waals surface area contributed by atoms with Crippen molar-refractivity contribution in [3.05, 3.63) is 124 Å². The van der Waals surface area contributed by atoms with Gasteiger partial charge in [0.05, 0.1) is 0 Å². The van der Waals surface area contributed by atoms with Gasteiger partial charge >= 0.3 is 0 Å². The normalized spacial score (nSPS) is 22.8. The molecule has 2 aromatic carbocycles. The summed E-state index contributed by atoms with van der Waals surface area (Å²) in [7, 11) is -1.99. The van der Waals surface area contributed by atoms with E-state index in [0.717, 1.165) is 0 Å². The molecule has 2 atom stereocenters. The highest BCUT2D eigenvalue weighted by molar-refractivity contribution is 8.05. The summed E-state index contributed by atoms with van der Waals surface area (Å²) in [5.41, 5.74) is 17.4. The molecule has 0 radical (unpaired) electrons. The molecule has 2 aliphatic heterocycles. The molecule has 0 saturated carbocycles. The summed E-state index contributed by atoms with van der Waals surface area (Å²) in [6.07, 6.45) is 5.05. The van der Waals surface area contributed by atoms with Gasteiger partial charge in [-0.1, -0.05) is 72.8 Å². The van der Waals surface area contributed by atoms with Crippen molar-refractivity contribution in [3.63, 3.8) is 0 Å². The van der Waals surface area contributed by atoms with E-state index >= 15 is 0 Å². The van der Waals surface area contributed by atoms with Gasteiger partial charge in [0.2, 0.25) is 0 Å². The van der Waals surface area contributed by atoms with Gasteiger partial charge in [-0.05, 0) is 121 Å². The summed E-state index contributed by atoms with van der Waals surface area (Å²) in [6.45, 7) is 23.8. The van der Waals surface area contributed by atoms with E-state index in [1.165, 1.54) is 66.8 Å². The van der Waals surface area contributed by atoms with Crippen LogP contribution in [-0.4, -0.2) is 18.6 Å². The number of fused-ring (bicyclic) bond motifs is 2. The van der Waals surface area contributed by atoms with Gasteiger partial charge in [0.15, 0.2) is 0 Å². The van der Waals surface area contributed by atoms with Gasteiger partial charge in [-0.3, -0.25) is 0 Å². The van der Waals surface area contributed by atoms with Gasteiger partial charge in [0, 0.05) is 20.3 Å². The molecule has 0 fully saturated rings. The van der Waals surface area contributed by atoms with Crippen molar-refractivity contribution in [2.45, 2.75) is 79.0 Å². The van der Waals surface area contributed by atoms with Gasteiger partial charge in [-0.2, -0.15) is 0 Å². The van der Waals surface area contributed by atoms with Crippen molar-refractivity contribution in [2.24, 2.45) is 0 Å². The van der Waals surface area contributed by atoms with Gasteiger partial charge in [-0.15, -0.1) is 23.5 Å². The van der Waals surface area contributed by atoms with Crippen LogP contribution in [0.25, 0.3) is 11.1 Å². The Balaban J connectivity index is 1.52. The lowest BCUT2D eigenvalue weighted by atomic mass is 9.93. The summed E-state index contributed by atoms with van der Waals surface area (Å²) in [6, 6.07) is 13.9. The first-order chi connectivity index (χ1) is 18.4. The van der Waals surface area contributed by atoms with E-state index in [0.29, 0.717) is 10.5 Å². The molecule has 6 rings (SSSR count). The molecule has 2 aliphatic carbocycles. The minimum atomic E-state index is -1.99. The van der Waals surface area contributed by atoms with E-state index in [-0.39, 0.29) is 0 Å². The van der Waals surface area contributed by atoms with Crippen molar-refractivity contribution in [1.82, 2.24) is 0 Å². The summed E-state index contributed by atoms with van der Waals surface area (Å²) >= 11 is 4.21. The lowest BCUT2D eigenvalue weighted by Gasteiger charge is -2.30. The number of hydrogen-bond acceptors (Lipinski definition) is 2. The molecule has 0 nitrogen and oxygen atoms in total. The zero-order chi connectivity index (χ0) is 28.0. The van der Waals surface area contributed by atoms with Crippen molar-refractivity contribution in [1.29, 1.82) is 0 Å². The fraction of sp³-hybridized carbons (Fsp3) is 0.333. The van der Waals surface area contributed by atoms with E-state index in [1.54, 1.807) is 20.2 Å². The maximum Gasteiger partial charge on any atom is 0.115 e. The summed E-state index contributed by atoms with van der Waals surface area (Å²) in [5, 5.41) is 4.29. The van der Waals surface area contributed by atoms with Crippen LogP contribution in [-0.2, 0) is 0 Å². The van der Waals surface area contributed by atoms with Crippen LogP contribution >= 0.6 is 23.5 Å². The first kappa shape index (κ1) is 27.0. The fourth-order valence-corrected chi connectivity index (χ4v) is 15.6. The highest BCUT2D eigenvalue weighted by Gasteiger charge is 2.46. The Morgan fingerprint density at radius 3 is 1.36 bits per heavy atom. The van der Waals surface area contributed by atoms with Crippen LogP contribution in [0.1, 0.15) is 61.1 Å². The van der Waals surface area contributed by atoms with Gasteiger partial charge in [-0.25, -0.2) is 0 Å². The standard InChI is InChI=1S/C36H40S2Si/c1-19-11-13-21(3)27(15-19)31-25(7)37-33-29(31)17-23(5)35(33)39(9,10)36-24(6)18-30-32(26(8)38-34(30)36)28-16-20(2)12-14-22(28)4/h11-18,25-26H,1-10H3. The molecule has 39 heavy (non-hydrogen) atoms. The highest BCUT2D eigenvalue weighted by atomic mass is 32.2. The first-order valence-corrected chi connectivity index (χ1v) is 19.0. The van der Waals surface area contributed by atoms with Crippen molar-refractivity contribution < 1.29 is 0 Å². The molecule has 2 heterocycles. The molecule has 3 heteroatoms. The predicted octanol–water partition coefficient (Wildman–Crippen LogP) is 10.6. The van der Waals surface area contributed by atoms with E-state index in [9.17, 15) is 0 Å². The SMILES string of the molecule is CC1=CC2=C(c3cc(C)ccc3C)C(C)SC2=C1[Si](C)(C)C1=C2SC(C)C(c3cc(C)ccc3C)=C2C=C1C. The molecule has 0 bridgehead atoms. The average molecular weight is 565 g/mol. The Morgan fingerprint density at radius 1 is 0.590 bits per heavy atom. The molecule has 2 aromatic rings. The van der Waals surface area contributed by atoms with Crippen molar-refractivity contribution >= 4 is 42.7 Å². The third-order valence-corrected chi connectivity index (χ3v) is 15.7. The van der Waals surface area contributed by atoms with Crippen LogP contribution < -0.4 is 0 Å². The summed E-state index contributed by atoms with van der Waals surface area (Å²) in [4.78, 5) is 3.13. The van der Waals surface area contributed by atoms with E-state index in [2.05, 4.69) is 141 Å². The molecular weight excluding hydrogens is 525 g/mol. The zero-order valence-corrected chi connectivity index (χ0v) is 27.7. The first-order valence-electron chi connectivity index (χ1n) is 14.2. The molecule has 0 amide bonds. The second-order valence-electron chi connectivity index (χ2n) is 12.5. The van der Waals surface area contributed by atoms with Gasteiger partial charge in [0.1, 0.15) is 8.07 Å². The molecule has 2 unspecified atom stereocenters. The van der Waals surface area contributed by atoms with Crippen LogP contribution in [0.3, 0.4) is 0 Å². The second kappa shape index (κ2) is 9.43. The van der Waals surface area contributed by atoms with Crippen LogP contribution in [0.15, 0.2) is 91.0 Å². The Kier molecular flexibility index (Phi) is 6.53. The van der Waals surface area contributed by atoms with E-state index in [4.69, 9.17) is 0 Å². The van der Waals surface area contributed by atoms with Gasteiger partial charge < -0.3 is 0 Å². The molecule has 0 spiro atoms. The third kappa shape index (κ3) is 4.11. The highest BCUT2D eigenvalue weighted by Crippen LogP contribution is 2.59. The molecule has 0 saturated heterocycles. The lowest BCUT2D eigenvalue weighted by molar-refractivity contribution is 1.24. The Labute approximate surface area is 245 Å². The quantitative estimate of drug-likeness (QED) is 0.339. The third-order valence-electron chi connectivity index (χ3n) is 9.05. The number of benzene rings is 2. The topological polar surface area (TPSA) is 0 Å². The molecule has 0 N–H and O–H groups in total. The molecule has 200 valence electrons. The Hall–Kier alpha value is -2.20. The predicted molar refractivity (Wildman–Crippen MR) is 179 cm³/mol. The minimum Gasteiger partial charge on any atom is -0.118 e. The molecule has 4 aliphatic rings. The number of hydrogen-bond donors (Lipinski definition) is 0. The van der Waals surface area contributed by atoms with Crippen molar-refractivity contribution in [2.75, 3.05) is 0 Å². The summed E-state index contributed by atoms with van der Waals surface area (Å²) < 4.78 is 0. The smallest absolute Gasteiger partial charge is 0.115 e. The maximum atomic E-state index is 2.61. The van der Waals surface area contributed by atoms with E-state index < -0.39 is 8.07 Å². The number of thioether (sulfide) groups is 2. The summed E-state index contributed by atoms with van der Waals surface area (Å²) in [5.74, 6) is 0. The Bertz CT molecular complexity index is 1530. The van der Waals surface area contributed by atoms with Crippen molar-refractivity contribution in [3.8, 4) is 0 Å². The number of rotatable bonds is 4. The maximum absolute atomic E-state index is 2.61. The van der Waals surface area contributed by atoms with Gasteiger partial charge in [0.25, 0.3) is 0 Å².